The van der Waals surface area contributed by atoms with Crippen molar-refractivity contribution in [2.45, 2.75) is 6.92 Å². The molecular weight excluding hydrogens is 1390 g/mol. The number of pyridine rings is 4. The van der Waals surface area contributed by atoms with Gasteiger partial charge in [-0.15, -0.1) is 0 Å². The Kier molecular flexibility index (Phi) is 19.3. The summed E-state index contributed by atoms with van der Waals surface area (Å²) < 4.78 is 0. The van der Waals surface area contributed by atoms with Gasteiger partial charge < -0.3 is 0 Å². The van der Waals surface area contributed by atoms with E-state index in [1.807, 2.05) is 73.3 Å². The van der Waals surface area contributed by atoms with Crippen LogP contribution in [0.4, 0.5) is 0 Å². The van der Waals surface area contributed by atoms with Crippen LogP contribution in [0.1, 0.15) is 5.56 Å². The predicted octanol–water partition coefficient (Wildman–Crippen LogP) is 28.4. The van der Waals surface area contributed by atoms with E-state index in [1.165, 1.54) is 0 Å². The van der Waals surface area contributed by atoms with E-state index in [2.05, 4.69) is 379 Å². The Hall–Kier alpha value is -15.2. The van der Waals surface area contributed by atoms with Crippen molar-refractivity contribution in [3.8, 4) is 201 Å². The van der Waals surface area contributed by atoms with Crippen molar-refractivity contribution in [2.75, 3.05) is 0 Å². The summed E-state index contributed by atoms with van der Waals surface area (Å²) in [6, 6.07) is 144. The lowest BCUT2D eigenvalue weighted by atomic mass is 9.86. The summed E-state index contributed by atoms with van der Waals surface area (Å²) >= 11 is 0. The molecule has 0 saturated carbocycles. The molecule has 6 nitrogen and oxygen atoms in total. The lowest BCUT2D eigenvalue weighted by Gasteiger charge is -2.18. The minimum atomic E-state index is 0.883. The van der Waals surface area contributed by atoms with Crippen molar-refractivity contribution < 1.29 is 0 Å². The monoisotopic (exact) mass is 1470 g/mol. The highest BCUT2D eigenvalue weighted by Gasteiger charge is 2.22. The van der Waals surface area contributed by atoms with Gasteiger partial charge in [0.1, 0.15) is 6.33 Å². The molecule has 0 fully saturated rings. The highest BCUT2D eigenvalue weighted by molar-refractivity contribution is 5.98. The van der Waals surface area contributed by atoms with E-state index in [0.717, 1.165) is 207 Å². The average Bonchev–Trinajstić information content (AvgIpc) is 0.768. The zero-order valence-corrected chi connectivity index (χ0v) is 63.2. The Morgan fingerprint density at radius 3 is 0.470 bits per heavy atom. The first-order valence-electron chi connectivity index (χ1n) is 38.9. The lowest BCUT2D eigenvalue weighted by Crippen LogP contribution is -1.96. The molecule has 6 heteroatoms. The number of hydrogen-bond acceptors (Lipinski definition) is 6. The summed E-state index contributed by atoms with van der Waals surface area (Å²) in [4.78, 5) is 28.6. The van der Waals surface area contributed by atoms with Crippen LogP contribution in [0.3, 0.4) is 0 Å². The van der Waals surface area contributed by atoms with E-state index in [1.54, 1.807) is 6.33 Å². The molecule has 0 spiro atoms. The number of benzene rings is 14. The third kappa shape index (κ3) is 14.5. The first kappa shape index (κ1) is 70.2. The van der Waals surface area contributed by atoms with Crippen LogP contribution in [0.15, 0.2) is 431 Å². The van der Waals surface area contributed by atoms with Gasteiger partial charge in [-0.1, -0.05) is 315 Å². The summed E-state index contributed by atoms with van der Waals surface area (Å²) in [5, 5.41) is 0. The third-order valence-electron chi connectivity index (χ3n) is 21.9. The predicted molar refractivity (Wildman–Crippen MR) is 476 cm³/mol. The van der Waals surface area contributed by atoms with Gasteiger partial charge in [0.2, 0.25) is 0 Å². The standard InChI is InChI=1S/C109H74N6/c1-73-108(84-58-46-78(47-59-84)96-26-6-12-32-102(96)90-68-86(98-28-8-2-22-92(98)74-38-50-80(51-39-74)104-34-14-18-62-110-104)66-87(69-90)99-29-9-3-23-93(99)75-40-52-81(53-41-75)105-35-15-19-63-111-105)114-72-115-109(73)85-60-48-79(49-61-85)97-27-7-13-33-103(97)91-70-88(100-30-10-4-24-94(100)76-42-54-82(55-43-76)106-36-16-20-64-112-106)67-89(71-91)101-31-11-5-25-95(101)77-44-56-83(57-45-77)107-37-17-21-65-113-107/h2-72H,1H3. The van der Waals surface area contributed by atoms with Crippen LogP contribution in [0.2, 0.25) is 0 Å². The van der Waals surface area contributed by atoms with Gasteiger partial charge in [0, 0.05) is 63.7 Å². The van der Waals surface area contributed by atoms with Crippen LogP contribution < -0.4 is 0 Å². The zero-order valence-electron chi connectivity index (χ0n) is 63.2. The Morgan fingerprint density at radius 1 is 0.139 bits per heavy atom. The molecule has 19 aromatic rings. The number of hydrogen-bond donors (Lipinski definition) is 0. The second-order valence-electron chi connectivity index (χ2n) is 28.9. The molecular formula is C109H74N6. The third-order valence-corrected chi connectivity index (χ3v) is 21.9. The second kappa shape index (κ2) is 31.6. The first-order valence-corrected chi connectivity index (χ1v) is 38.9. The molecule has 540 valence electrons. The molecule has 0 saturated heterocycles. The second-order valence-corrected chi connectivity index (χ2v) is 28.9. The molecule has 5 heterocycles. The summed E-state index contributed by atoms with van der Waals surface area (Å²) in [5.74, 6) is 0. The van der Waals surface area contributed by atoms with Crippen molar-refractivity contribution in [2.24, 2.45) is 0 Å². The largest absolute Gasteiger partial charge is 0.256 e. The van der Waals surface area contributed by atoms with Crippen molar-refractivity contribution in [1.29, 1.82) is 0 Å². The van der Waals surface area contributed by atoms with Gasteiger partial charge in [-0.2, -0.15) is 0 Å². The van der Waals surface area contributed by atoms with Crippen molar-refractivity contribution >= 4 is 0 Å². The van der Waals surface area contributed by atoms with Crippen LogP contribution in [0.5, 0.6) is 0 Å². The Labute approximate surface area is 670 Å². The van der Waals surface area contributed by atoms with E-state index < -0.39 is 0 Å². The van der Waals surface area contributed by atoms with Crippen LogP contribution in [0, 0.1) is 6.92 Å². The maximum atomic E-state index is 4.99. The van der Waals surface area contributed by atoms with E-state index in [0.29, 0.717) is 0 Å². The Morgan fingerprint density at radius 2 is 0.296 bits per heavy atom. The smallest absolute Gasteiger partial charge is 0.116 e. The van der Waals surface area contributed by atoms with Crippen LogP contribution >= 0.6 is 0 Å². The van der Waals surface area contributed by atoms with E-state index >= 15 is 0 Å². The maximum absolute atomic E-state index is 4.99. The Balaban J connectivity index is 0.650. The molecule has 19 rings (SSSR count). The molecule has 0 amide bonds. The highest BCUT2D eigenvalue weighted by atomic mass is 14.8. The van der Waals surface area contributed by atoms with Crippen molar-refractivity contribution in [3.05, 3.63) is 437 Å². The number of nitrogens with zero attached hydrogens (tertiary/aromatic N) is 6. The minimum absolute atomic E-state index is 0.883. The molecule has 115 heavy (non-hydrogen) atoms. The van der Waals surface area contributed by atoms with E-state index in [4.69, 9.17) is 9.97 Å². The van der Waals surface area contributed by atoms with Crippen LogP contribution in [-0.2, 0) is 0 Å². The molecule has 0 bridgehead atoms. The fourth-order valence-corrected chi connectivity index (χ4v) is 16.2. The molecule has 0 aliphatic heterocycles. The molecule has 0 aliphatic rings. The molecule has 5 aromatic heterocycles. The van der Waals surface area contributed by atoms with Gasteiger partial charge in [0.25, 0.3) is 0 Å². The van der Waals surface area contributed by atoms with E-state index in [9.17, 15) is 0 Å². The first-order chi connectivity index (χ1) is 56.9. The average molecular weight is 1470 g/mol. The SMILES string of the molecule is Cc1c(-c2ccc(-c3ccccc3-c3cc(-c4ccccc4-c4ccc(-c5ccccn5)cc4)cc(-c4ccccc4-c4ccc(-c5ccccn5)cc4)c3)cc2)ncnc1-c1ccc(-c2ccccc2-c2cc(-c3ccccc3-c3ccc(-c4ccccn4)cc3)cc(-c3ccccc3-c3ccc(-c4ccccn4)cc3)c2)cc1. The van der Waals surface area contributed by atoms with Crippen LogP contribution in [0.25, 0.3) is 201 Å². The molecule has 0 aliphatic carbocycles. The topological polar surface area (TPSA) is 77.3 Å². The fraction of sp³-hybridized carbons (Fsp3) is 0.00917. The van der Waals surface area contributed by atoms with Crippen molar-refractivity contribution in [3.63, 3.8) is 0 Å². The van der Waals surface area contributed by atoms with E-state index in [-0.39, 0.29) is 0 Å². The van der Waals surface area contributed by atoms with Crippen molar-refractivity contribution in [1.82, 2.24) is 29.9 Å². The van der Waals surface area contributed by atoms with Gasteiger partial charge in [-0.25, -0.2) is 9.97 Å². The summed E-state index contributed by atoms with van der Waals surface area (Å²) in [6.07, 6.45) is 9.09. The minimum Gasteiger partial charge on any atom is -0.256 e. The van der Waals surface area contributed by atoms with Gasteiger partial charge in [-0.05, 0) is 225 Å². The van der Waals surface area contributed by atoms with Gasteiger partial charge >= 0.3 is 0 Å². The normalized spacial score (nSPS) is 11.2. The highest BCUT2D eigenvalue weighted by Crippen LogP contribution is 2.47. The summed E-state index contributed by atoms with van der Waals surface area (Å²) in [7, 11) is 0. The number of aromatic nitrogens is 6. The van der Waals surface area contributed by atoms with Gasteiger partial charge in [-0.3, -0.25) is 19.9 Å². The van der Waals surface area contributed by atoms with Gasteiger partial charge in [0.05, 0.1) is 34.2 Å². The summed E-state index contributed by atoms with van der Waals surface area (Å²) in [5.41, 5.74) is 39.9. The lowest BCUT2D eigenvalue weighted by molar-refractivity contribution is 1.14. The number of rotatable bonds is 18. The molecule has 14 aromatic carbocycles. The molecule has 0 radical (unpaired) electrons. The quantitative estimate of drug-likeness (QED) is 0.0852. The molecule has 0 N–H and O–H groups in total. The van der Waals surface area contributed by atoms with Crippen LogP contribution in [-0.4, -0.2) is 29.9 Å². The molecule has 0 atom stereocenters. The molecule has 0 unspecified atom stereocenters. The summed E-state index contributed by atoms with van der Waals surface area (Å²) in [6.45, 7) is 2.14. The van der Waals surface area contributed by atoms with Gasteiger partial charge in [0.15, 0.2) is 0 Å². The zero-order chi connectivity index (χ0) is 76.8. The Bertz CT molecular complexity index is 6000. The fourth-order valence-electron chi connectivity index (χ4n) is 16.2. The maximum Gasteiger partial charge on any atom is 0.116 e.